The molecule has 3 heteroatoms. The van der Waals surface area contributed by atoms with E-state index in [1.165, 1.54) is 5.41 Å². The zero-order valence-corrected chi connectivity index (χ0v) is 6.19. The molecule has 0 aromatic carbocycles. The highest BCUT2D eigenvalue weighted by atomic mass is 32.2. The molecular weight excluding hydrogens is 136 g/mol. The van der Waals surface area contributed by atoms with Gasteiger partial charge in [-0.2, -0.15) is 0 Å². The average Bonchev–Trinajstić information content (AvgIpc) is 2.10. The summed E-state index contributed by atoms with van der Waals surface area (Å²) in [5, 5.41) is 1.32. The highest BCUT2D eigenvalue weighted by Gasteiger charge is 2.19. The molecule has 1 heterocycles. The SMILES string of the molecule is CCC1C=CS(=O)(=O)C1. The fraction of sp³-hybridized carbons (Fsp3) is 0.667. The van der Waals surface area contributed by atoms with Gasteiger partial charge in [-0.25, -0.2) is 8.42 Å². The third-order valence-corrected chi connectivity index (χ3v) is 2.99. The van der Waals surface area contributed by atoms with Crippen LogP contribution in [0.15, 0.2) is 11.5 Å². The third kappa shape index (κ3) is 1.55. The van der Waals surface area contributed by atoms with Crippen LogP contribution in [0.4, 0.5) is 0 Å². The van der Waals surface area contributed by atoms with Crippen LogP contribution in [-0.4, -0.2) is 14.2 Å². The molecule has 0 aromatic heterocycles. The van der Waals surface area contributed by atoms with Gasteiger partial charge in [-0.1, -0.05) is 13.0 Å². The van der Waals surface area contributed by atoms with E-state index in [1.54, 1.807) is 6.08 Å². The van der Waals surface area contributed by atoms with Gasteiger partial charge < -0.3 is 0 Å². The quantitative estimate of drug-likeness (QED) is 0.552. The van der Waals surface area contributed by atoms with Crippen LogP contribution in [0.3, 0.4) is 0 Å². The lowest BCUT2D eigenvalue weighted by Gasteiger charge is -1.97. The molecule has 1 atom stereocenters. The van der Waals surface area contributed by atoms with Crippen molar-refractivity contribution >= 4 is 9.84 Å². The largest absolute Gasteiger partial charge is 0.224 e. The molecule has 0 saturated carbocycles. The third-order valence-electron chi connectivity index (χ3n) is 1.53. The Morgan fingerprint density at radius 3 is 2.56 bits per heavy atom. The summed E-state index contributed by atoms with van der Waals surface area (Å²) in [6, 6.07) is 0. The lowest BCUT2D eigenvalue weighted by molar-refractivity contribution is 0.596. The first-order valence-corrected chi connectivity index (χ1v) is 4.76. The van der Waals surface area contributed by atoms with Gasteiger partial charge >= 0.3 is 0 Å². The zero-order chi connectivity index (χ0) is 6.91. The van der Waals surface area contributed by atoms with Gasteiger partial charge in [-0.05, 0) is 12.3 Å². The van der Waals surface area contributed by atoms with Crippen molar-refractivity contribution in [2.45, 2.75) is 13.3 Å². The van der Waals surface area contributed by atoms with Gasteiger partial charge in [0, 0.05) is 5.41 Å². The molecule has 0 N–H and O–H groups in total. The van der Waals surface area contributed by atoms with Crippen molar-refractivity contribution in [1.29, 1.82) is 0 Å². The van der Waals surface area contributed by atoms with E-state index in [2.05, 4.69) is 0 Å². The van der Waals surface area contributed by atoms with Crippen LogP contribution in [0.25, 0.3) is 0 Å². The predicted octanol–water partition coefficient (Wildman–Crippen LogP) is 0.955. The molecule has 0 saturated heterocycles. The fourth-order valence-electron chi connectivity index (χ4n) is 0.894. The molecule has 9 heavy (non-hydrogen) atoms. The molecular formula is C6H10O2S. The minimum atomic E-state index is -2.79. The first-order chi connectivity index (χ1) is 4.14. The molecule has 0 amide bonds. The van der Waals surface area contributed by atoms with E-state index >= 15 is 0 Å². The lowest BCUT2D eigenvalue weighted by atomic mass is 10.1. The number of sulfone groups is 1. The van der Waals surface area contributed by atoms with Crippen molar-refractivity contribution in [3.8, 4) is 0 Å². The second-order valence-corrected chi connectivity index (χ2v) is 4.26. The van der Waals surface area contributed by atoms with Crippen LogP contribution in [0, 0.1) is 5.92 Å². The molecule has 0 radical (unpaired) electrons. The van der Waals surface area contributed by atoms with E-state index in [4.69, 9.17) is 0 Å². The number of allylic oxidation sites excluding steroid dienone is 1. The van der Waals surface area contributed by atoms with Crippen LogP contribution in [-0.2, 0) is 9.84 Å². The Balaban J connectivity index is 2.72. The first kappa shape index (κ1) is 6.81. The molecule has 1 aliphatic heterocycles. The van der Waals surface area contributed by atoms with Gasteiger partial charge in [0.2, 0.25) is 0 Å². The highest BCUT2D eigenvalue weighted by molar-refractivity contribution is 7.94. The number of hydrogen-bond acceptors (Lipinski definition) is 2. The summed E-state index contributed by atoms with van der Waals surface area (Å²) in [6.07, 6.45) is 2.70. The van der Waals surface area contributed by atoms with Gasteiger partial charge in [0.1, 0.15) is 0 Å². The van der Waals surface area contributed by atoms with E-state index in [9.17, 15) is 8.42 Å². The molecule has 1 rings (SSSR count). The first-order valence-electron chi connectivity index (χ1n) is 3.05. The second-order valence-electron chi connectivity index (χ2n) is 2.33. The maximum absolute atomic E-state index is 10.7. The van der Waals surface area contributed by atoms with E-state index in [1.807, 2.05) is 6.92 Å². The van der Waals surface area contributed by atoms with Gasteiger partial charge in [0.25, 0.3) is 0 Å². The van der Waals surface area contributed by atoms with Gasteiger partial charge in [-0.3, -0.25) is 0 Å². The molecule has 0 spiro atoms. The van der Waals surface area contributed by atoms with Crippen LogP contribution in [0.5, 0.6) is 0 Å². The number of hydrogen-bond donors (Lipinski definition) is 0. The Morgan fingerprint density at radius 2 is 2.33 bits per heavy atom. The van der Waals surface area contributed by atoms with Gasteiger partial charge in [0.05, 0.1) is 5.75 Å². The summed E-state index contributed by atoms with van der Waals surface area (Å²) in [5.41, 5.74) is 0. The normalized spacial score (nSPS) is 31.0. The summed E-state index contributed by atoms with van der Waals surface area (Å²) < 4.78 is 21.4. The minimum Gasteiger partial charge on any atom is -0.224 e. The van der Waals surface area contributed by atoms with E-state index in [-0.39, 0.29) is 5.92 Å². The van der Waals surface area contributed by atoms with Crippen LogP contribution >= 0.6 is 0 Å². The van der Waals surface area contributed by atoms with Gasteiger partial charge in [0.15, 0.2) is 9.84 Å². The zero-order valence-electron chi connectivity index (χ0n) is 5.37. The lowest BCUT2D eigenvalue weighted by Crippen LogP contribution is -2.03. The monoisotopic (exact) mass is 146 g/mol. The van der Waals surface area contributed by atoms with Crippen LogP contribution < -0.4 is 0 Å². The summed E-state index contributed by atoms with van der Waals surface area (Å²) in [6.45, 7) is 2.00. The smallest absolute Gasteiger partial charge is 0.171 e. The fourth-order valence-corrected chi connectivity index (χ4v) is 2.41. The van der Waals surface area contributed by atoms with Crippen molar-refractivity contribution in [3.63, 3.8) is 0 Å². The van der Waals surface area contributed by atoms with E-state index in [0.29, 0.717) is 5.75 Å². The van der Waals surface area contributed by atoms with Crippen molar-refractivity contribution in [3.05, 3.63) is 11.5 Å². The molecule has 1 aliphatic rings. The molecule has 0 aliphatic carbocycles. The molecule has 52 valence electrons. The Bertz CT molecular complexity index is 213. The van der Waals surface area contributed by atoms with Crippen molar-refractivity contribution in [1.82, 2.24) is 0 Å². The summed E-state index contributed by atoms with van der Waals surface area (Å²) >= 11 is 0. The van der Waals surface area contributed by atoms with E-state index in [0.717, 1.165) is 6.42 Å². The van der Waals surface area contributed by atoms with E-state index < -0.39 is 9.84 Å². The van der Waals surface area contributed by atoms with Gasteiger partial charge in [-0.15, -0.1) is 0 Å². The van der Waals surface area contributed by atoms with Crippen molar-refractivity contribution < 1.29 is 8.42 Å². The summed E-state index contributed by atoms with van der Waals surface area (Å²) in [5.74, 6) is 0.596. The molecule has 1 unspecified atom stereocenters. The average molecular weight is 146 g/mol. The maximum atomic E-state index is 10.7. The van der Waals surface area contributed by atoms with Crippen LogP contribution in [0.1, 0.15) is 13.3 Å². The molecule has 0 fully saturated rings. The summed E-state index contributed by atoms with van der Waals surface area (Å²) in [7, 11) is -2.79. The predicted molar refractivity (Wildman–Crippen MR) is 36.7 cm³/mol. The molecule has 0 bridgehead atoms. The Labute approximate surface area is 55.5 Å². The summed E-state index contributed by atoms with van der Waals surface area (Å²) in [4.78, 5) is 0. The minimum absolute atomic E-state index is 0.273. The second kappa shape index (κ2) is 2.14. The van der Waals surface area contributed by atoms with Crippen molar-refractivity contribution in [2.75, 3.05) is 5.75 Å². The molecule has 2 nitrogen and oxygen atoms in total. The number of rotatable bonds is 1. The molecule has 0 aromatic rings. The topological polar surface area (TPSA) is 34.1 Å². The van der Waals surface area contributed by atoms with Crippen LogP contribution in [0.2, 0.25) is 0 Å². The Morgan fingerprint density at radius 1 is 1.67 bits per heavy atom. The highest BCUT2D eigenvalue weighted by Crippen LogP contribution is 2.16. The maximum Gasteiger partial charge on any atom is 0.171 e. The Kier molecular flexibility index (Phi) is 1.62. The standard InChI is InChI=1S/C6H10O2S/c1-2-6-3-4-9(7,8)5-6/h3-4,6H,2,5H2,1H3. The Hall–Kier alpha value is -0.310. The van der Waals surface area contributed by atoms with Crippen molar-refractivity contribution in [2.24, 2.45) is 5.92 Å².